The molecular weight excluding hydrogens is 172 g/mol. The van der Waals surface area contributed by atoms with Crippen molar-refractivity contribution in [2.45, 2.75) is 6.42 Å². The van der Waals surface area contributed by atoms with Crippen molar-refractivity contribution in [3.05, 3.63) is 0 Å². The van der Waals surface area contributed by atoms with Crippen molar-refractivity contribution in [2.75, 3.05) is 23.7 Å². The lowest BCUT2D eigenvalue weighted by Crippen LogP contribution is -2.21. The van der Waals surface area contributed by atoms with E-state index in [2.05, 4.69) is 14.3 Å². The Bertz CT molecular complexity index is 300. The van der Waals surface area contributed by atoms with Gasteiger partial charge in [0.25, 0.3) is 0 Å². The lowest BCUT2D eigenvalue weighted by molar-refractivity contribution is 0.816. The molecule has 1 saturated carbocycles. The van der Waals surface area contributed by atoms with E-state index >= 15 is 0 Å². The van der Waals surface area contributed by atoms with Crippen LogP contribution >= 0.6 is 11.5 Å². The highest BCUT2D eigenvalue weighted by Gasteiger charge is 2.45. The van der Waals surface area contributed by atoms with Crippen LogP contribution in [0, 0.1) is 11.8 Å². The van der Waals surface area contributed by atoms with Gasteiger partial charge in [0, 0.05) is 24.6 Å². The molecule has 1 aliphatic heterocycles. The number of rotatable bonds is 1. The maximum Gasteiger partial charge on any atom is 0.233 e. The van der Waals surface area contributed by atoms with E-state index in [0.29, 0.717) is 5.95 Å². The summed E-state index contributed by atoms with van der Waals surface area (Å²) in [6, 6.07) is 0. The molecule has 1 aliphatic carbocycles. The molecule has 1 aromatic rings. The molecule has 0 radical (unpaired) electrons. The zero-order valence-electron chi connectivity index (χ0n) is 6.60. The number of nitrogen functional groups attached to an aromatic ring is 1. The van der Waals surface area contributed by atoms with Gasteiger partial charge in [0.15, 0.2) is 0 Å². The van der Waals surface area contributed by atoms with Crippen LogP contribution in [0.2, 0.25) is 0 Å². The van der Waals surface area contributed by atoms with Crippen molar-refractivity contribution in [1.82, 2.24) is 9.36 Å². The Morgan fingerprint density at radius 2 is 2.17 bits per heavy atom. The Morgan fingerprint density at radius 1 is 1.42 bits per heavy atom. The largest absolute Gasteiger partial charge is 0.367 e. The fraction of sp³-hybridized carbons (Fsp3) is 0.714. The predicted molar refractivity (Wildman–Crippen MR) is 48.1 cm³/mol. The molecular formula is C7H10N4S. The maximum absolute atomic E-state index is 5.45. The van der Waals surface area contributed by atoms with E-state index in [1.54, 1.807) is 0 Å². The first-order chi connectivity index (χ1) is 5.83. The van der Waals surface area contributed by atoms with Crippen LogP contribution in [-0.2, 0) is 0 Å². The van der Waals surface area contributed by atoms with Crippen LogP contribution < -0.4 is 10.6 Å². The molecule has 12 heavy (non-hydrogen) atoms. The number of hydrogen-bond donors (Lipinski definition) is 1. The van der Waals surface area contributed by atoms with Gasteiger partial charge in [0.2, 0.25) is 11.1 Å². The molecule has 0 aromatic carbocycles. The molecule has 0 bridgehead atoms. The summed E-state index contributed by atoms with van der Waals surface area (Å²) in [7, 11) is 0. The summed E-state index contributed by atoms with van der Waals surface area (Å²) < 4.78 is 3.97. The van der Waals surface area contributed by atoms with Gasteiger partial charge >= 0.3 is 0 Å². The molecule has 2 fully saturated rings. The van der Waals surface area contributed by atoms with E-state index in [-0.39, 0.29) is 0 Å². The summed E-state index contributed by atoms with van der Waals surface area (Å²) in [6.45, 7) is 2.33. The normalized spacial score (nSPS) is 32.2. The maximum atomic E-state index is 5.45. The third-order valence-electron chi connectivity index (χ3n) is 2.68. The van der Waals surface area contributed by atoms with Crippen molar-refractivity contribution < 1.29 is 0 Å². The molecule has 2 unspecified atom stereocenters. The highest BCUT2D eigenvalue weighted by molar-refractivity contribution is 7.09. The fourth-order valence-corrected chi connectivity index (χ4v) is 2.52. The van der Waals surface area contributed by atoms with Crippen molar-refractivity contribution in [3.8, 4) is 0 Å². The lowest BCUT2D eigenvalue weighted by Gasteiger charge is -2.14. The van der Waals surface area contributed by atoms with Crippen LogP contribution in [0.5, 0.6) is 0 Å². The number of nitrogens with zero attached hydrogens (tertiary/aromatic N) is 3. The average molecular weight is 182 g/mol. The number of hydrogen-bond acceptors (Lipinski definition) is 5. The predicted octanol–water partition coefficient (Wildman–Crippen LogP) is 0.576. The Kier molecular flexibility index (Phi) is 1.16. The summed E-state index contributed by atoms with van der Waals surface area (Å²) >= 11 is 1.41. The fourth-order valence-electron chi connectivity index (χ4n) is 1.91. The van der Waals surface area contributed by atoms with Crippen molar-refractivity contribution in [2.24, 2.45) is 11.8 Å². The van der Waals surface area contributed by atoms with Gasteiger partial charge < -0.3 is 10.6 Å². The topological polar surface area (TPSA) is 55.0 Å². The minimum Gasteiger partial charge on any atom is -0.367 e. The minimum atomic E-state index is 0.413. The first-order valence-corrected chi connectivity index (χ1v) is 4.94. The van der Waals surface area contributed by atoms with Gasteiger partial charge in [-0.15, -0.1) is 0 Å². The first kappa shape index (κ1) is 6.65. The van der Waals surface area contributed by atoms with Gasteiger partial charge in [0.05, 0.1) is 0 Å². The number of piperidine rings is 1. The highest BCUT2D eigenvalue weighted by Crippen LogP contribution is 2.46. The van der Waals surface area contributed by atoms with Crippen LogP contribution in [-0.4, -0.2) is 22.4 Å². The molecule has 5 heteroatoms. The Hall–Kier alpha value is -0.840. The summed E-state index contributed by atoms with van der Waals surface area (Å²) in [5.41, 5.74) is 5.45. The molecule has 2 aliphatic rings. The van der Waals surface area contributed by atoms with E-state index in [0.717, 1.165) is 17.0 Å². The van der Waals surface area contributed by atoms with Crippen LogP contribution in [0.1, 0.15) is 6.42 Å². The minimum absolute atomic E-state index is 0.413. The third-order valence-corrected chi connectivity index (χ3v) is 3.47. The molecule has 2 atom stereocenters. The second kappa shape index (κ2) is 2.10. The second-order valence-electron chi connectivity index (χ2n) is 3.60. The van der Waals surface area contributed by atoms with Crippen molar-refractivity contribution in [1.29, 1.82) is 0 Å². The molecule has 1 saturated heterocycles. The van der Waals surface area contributed by atoms with E-state index in [1.165, 1.54) is 31.0 Å². The molecule has 64 valence electrons. The third kappa shape index (κ3) is 0.891. The first-order valence-electron chi connectivity index (χ1n) is 4.17. The molecule has 0 spiro atoms. The molecule has 2 heterocycles. The van der Waals surface area contributed by atoms with Crippen molar-refractivity contribution >= 4 is 22.6 Å². The molecule has 0 amide bonds. The van der Waals surface area contributed by atoms with Gasteiger partial charge in [-0.25, -0.2) is 0 Å². The Labute approximate surface area is 74.6 Å². The number of anilines is 2. The summed E-state index contributed by atoms with van der Waals surface area (Å²) in [5.74, 6) is 2.29. The van der Waals surface area contributed by atoms with Crippen molar-refractivity contribution in [3.63, 3.8) is 0 Å². The van der Waals surface area contributed by atoms with Crippen LogP contribution in [0.4, 0.5) is 11.1 Å². The van der Waals surface area contributed by atoms with Gasteiger partial charge in [-0.1, -0.05) is 0 Å². The van der Waals surface area contributed by atoms with E-state index < -0.39 is 0 Å². The van der Waals surface area contributed by atoms with Gasteiger partial charge in [-0.3, -0.25) is 0 Å². The molecule has 1 aromatic heterocycles. The average Bonchev–Trinajstić information content (AvgIpc) is 2.49. The smallest absolute Gasteiger partial charge is 0.233 e. The second-order valence-corrected chi connectivity index (χ2v) is 4.33. The monoisotopic (exact) mass is 182 g/mol. The Morgan fingerprint density at radius 3 is 2.75 bits per heavy atom. The summed E-state index contributed by atoms with van der Waals surface area (Å²) in [5, 5.41) is 1.000. The standard InChI is InChI=1S/C7H10N4S/c8-6-9-7(12-10-6)11-2-4-1-5(4)3-11/h4-5H,1-3H2,(H2,8,10). The van der Waals surface area contributed by atoms with Gasteiger partial charge in [-0.2, -0.15) is 9.36 Å². The van der Waals surface area contributed by atoms with E-state index in [1.807, 2.05) is 0 Å². The molecule has 2 N–H and O–H groups in total. The number of aromatic nitrogens is 2. The Balaban J connectivity index is 1.81. The highest BCUT2D eigenvalue weighted by atomic mass is 32.1. The zero-order valence-corrected chi connectivity index (χ0v) is 7.42. The summed E-state index contributed by atoms with van der Waals surface area (Å²) in [6.07, 6.45) is 1.42. The van der Waals surface area contributed by atoms with Crippen LogP contribution in [0.3, 0.4) is 0 Å². The van der Waals surface area contributed by atoms with E-state index in [9.17, 15) is 0 Å². The van der Waals surface area contributed by atoms with E-state index in [4.69, 9.17) is 5.73 Å². The van der Waals surface area contributed by atoms with Gasteiger partial charge in [0.1, 0.15) is 0 Å². The molecule has 3 rings (SSSR count). The number of fused-ring (bicyclic) bond motifs is 1. The molecule has 4 nitrogen and oxygen atoms in total. The summed E-state index contributed by atoms with van der Waals surface area (Å²) in [4.78, 5) is 6.46. The zero-order chi connectivity index (χ0) is 8.13. The van der Waals surface area contributed by atoms with Crippen LogP contribution in [0.25, 0.3) is 0 Å². The van der Waals surface area contributed by atoms with Crippen LogP contribution in [0.15, 0.2) is 0 Å². The number of nitrogens with two attached hydrogens (primary N) is 1. The SMILES string of the molecule is Nc1nsc(N2CC3CC3C2)n1. The lowest BCUT2D eigenvalue weighted by atomic mass is 10.4. The van der Waals surface area contributed by atoms with Gasteiger partial charge in [-0.05, 0) is 18.3 Å². The quantitative estimate of drug-likeness (QED) is 0.690.